The van der Waals surface area contributed by atoms with Crippen LogP contribution in [0.25, 0.3) is 0 Å². The van der Waals surface area contributed by atoms with E-state index in [1.54, 1.807) is 0 Å². The Bertz CT molecular complexity index is 360. The summed E-state index contributed by atoms with van der Waals surface area (Å²) in [5.74, 6) is 0. The Morgan fingerprint density at radius 2 is 1.53 bits per heavy atom. The lowest BCUT2D eigenvalue weighted by Crippen LogP contribution is -2.31. The molecule has 0 heterocycles. The highest BCUT2D eigenvalue weighted by Crippen LogP contribution is 2.30. The van der Waals surface area contributed by atoms with Crippen LogP contribution in [0.5, 0.6) is 0 Å². The first-order valence-corrected chi connectivity index (χ1v) is 5.31. The Kier molecular flexibility index (Phi) is 3.10. The lowest BCUT2D eigenvalue weighted by atomic mass is 9.90. The van der Waals surface area contributed by atoms with Crippen LogP contribution in [0.4, 0.5) is 5.69 Å². The standard InChI is InChI=1S/C13H22N2/c1-9-7-11(13(3,4)14)12(15(5)6)8-10(9)2/h7-8H,14H2,1-6H3. The molecule has 0 fully saturated rings. The monoisotopic (exact) mass is 206 g/mol. The van der Waals surface area contributed by atoms with Crippen LogP contribution in [-0.2, 0) is 5.54 Å². The summed E-state index contributed by atoms with van der Waals surface area (Å²) in [7, 11) is 4.11. The van der Waals surface area contributed by atoms with E-state index in [2.05, 4.69) is 45.0 Å². The van der Waals surface area contributed by atoms with Crippen LogP contribution in [0.3, 0.4) is 0 Å². The average molecular weight is 206 g/mol. The van der Waals surface area contributed by atoms with Gasteiger partial charge in [-0.2, -0.15) is 0 Å². The van der Waals surface area contributed by atoms with Gasteiger partial charge in [0.2, 0.25) is 0 Å². The molecule has 0 unspecified atom stereocenters. The van der Waals surface area contributed by atoms with E-state index in [0.29, 0.717) is 0 Å². The number of hydrogen-bond donors (Lipinski definition) is 1. The van der Waals surface area contributed by atoms with Crippen LogP contribution in [0.1, 0.15) is 30.5 Å². The summed E-state index contributed by atoms with van der Waals surface area (Å²) in [6.45, 7) is 8.36. The van der Waals surface area contributed by atoms with E-state index in [0.717, 1.165) is 0 Å². The lowest BCUT2D eigenvalue weighted by Gasteiger charge is -2.27. The SMILES string of the molecule is Cc1cc(N(C)C)c(C(C)(C)N)cc1C. The molecule has 1 aromatic rings. The highest BCUT2D eigenvalue weighted by molar-refractivity contribution is 5.58. The maximum absolute atomic E-state index is 6.19. The minimum absolute atomic E-state index is 0.294. The van der Waals surface area contributed by atoms with Crippen LogP contribution in [0.2, 0.25) is 0 Å². The largest absolute Gasteiger partial charge is 0.377 e. The average Bonchev–Trinajstić information content (AvgIpc) is 2.06. The van der Waals surface area contributed by atoms with Crippen LogP contribution >= 0.6 is 0 Å². The summed E-state index contributed by atoms with van der Waals surface area (Å²) >= 11 is 0. The number of rotatable bonds is 2. The summed E-state index contributed by atoms with van der Waals surface area (Å²) in [5.41, 5.74) is 10.9. The predicted molar refractivity (Wildman–Crippen MR) is 67.5 cm³/mol. The van der Waals surface area contributed by atoms with Crippen LogP contribution in [0.15, 0.2) is 12.1 Å². The van der Waals surface area contributed by atoms with E-state index in [4.69, 9.17) is 5.73 Å². The molecule has 0 aromatic heterocycles. The Hall–Kier alpha value is -1.02. The molecule has 2 heteroatoms. The fraction of sp³-hybridized carbons (Fsp3) is 0.538. The van der Waals surface area contributed by atoms with Crippen molar-refractivity contribution in [1.82, 2.24) is 0 Å². The smallest absolute Gasteiger partial charge is 0.0414 e. The molecule has 2 N–H and O–H groups in total. The summed E-state index contributed by atoms with van der Waals surface area (Å²) in [4.78, 5) is 2.12. The number of nitrogens with two attached hydrogens (primary N) is 1. The second-order valence-corrected chi connectivity index (χ2v) is 5.07. The van der Waals surface area contributed by atoms with Crippen molar-refractivity contribution < 1.29 is 0 Å². The summed E-state index contributed by atoms with van der Waals surface area (Å²) in [5, 5.41) is 0. The molecule has 0 spiro atoms. The van der Waals surface area contributed by atoms with Crippen molar-refractivity contribution in [3.05, 3.63) is 28.8 Å². The molecule has 2 nitrogen and oxygen atoms in total. The van der Waals surface area contributed by atoms with Gasteiger partial charge in [-0.1, -0.05) is 6.07 Å². The van der Waals surface area contributed by atoms with Gasteiger partial charge in [-0.3, -0.25) is 0 Å². The molecule has 0 saturated heterocycles. The number of nitrogens with zero attached hydrogens (tertiary/aromatic N) is 1. The molecule has 1 rings (SSSR count). The second kappa shape index (κ2) is 3.86. The molecule has 0 aliphatic rings. The van der Waals surface area contributed by atoms with Crippen molar-refractivity contribution in [3.63, 3.8) is 0 Å². The highest BCUT2D eigenvalue weighted by atomic mass is 15.1. The summed E-state index contributed by atoms with van der Waals surface area (Å²) in [6.07, 6.45) is 0. The zero-order chi connectivity index (χ0) is 11.8. The zero-order valence-corrected chi connectivity index (χ0v) is 10.7. The van der Waals surface area contributed by atoms with Crippen molar-refractivity contribution in [2.75, 3.05) is 19.0 Å². The maximum Gasteiger partial charge on any atom is 0.0414 e. The van der Waals surface area contributed by atoms with Crippen molar-refractivity contribution in [1.29, 1.82) is 0 Å². The molecule has 15 heavy (non-hydrogen) atoms. The molecule has 0 aliphatic heterocycles. The molecule has 0 radical (unpaired) electrons. The normalized spacial score (nSPS) is 11.7. The first-order valence-electron chi connectivity index (χ1n) is 5.31. The Morgan fingerprint density at radius 1 is 1.07 bits per heavy atom. The predicted octanol–water partition coefficient (Wildman–Crippen LogP) is 2.56. The van der Waals surface area contributed by atoms with E-state index < -0.39 is 0 Å². The number of aryl methyl sites for hydroxylation is 2. The second-order valence-electron chi connectivity index (χ2n) is 5.07. The lowest BCUT2D eigenvalue weighted by molar-refractivity contribution is 0.553. The van der Waals surface area contributed by atoms with Crippen LogP contribution in [-0.4, -0.2) is 14.1 Å². The minimum Gasteiger partial charge on any atom is -0.377 e. The quantitative estimate of drug-likeness (QED) is 0.806. The Morgan fingerprint density at radius 3 is 1.93 bits per heavy atom. The fourth-order valence-corrected chi connectivity index (χ4v) is 1.69. The molecule has 1 aromatic carbocycles. The van der Waals surface area contributed by atoms with Gasteiger partial charge in [0.15, 0.2) is 0 Å². The van der Waals surface area contributed by atoms with E-state index >= 15 is 0 Å². The summed E-state index contributed by atoms with van der Waals surface area (Å²) in [6, 6.07) is 4.41. The zero-order valence-electron chi connectivity index (χ0n) is 10.7. The van der Waals surface area contributed by atoms with Crippen molar-refractivity contribution >= 4 is 5.69 Å². The molecule has 84 valence electrons. The molecule has 0 aliphatic carbocycles. The summed E-state index contributed by atoms with van der Waals surface area (Å²) < 4.78 is 0. The number of anilines is 1. The molecule has 0 atom stereocenters. The Balaban J connectivity index is 3.42. The van der Waals surface area contributed by atoms with Gasteiger partial charge < -0.3 is 10.6 Å². The maximum atomic E-state index is 6.19. The highest BCUT2D eigenvalue weighted by Gasteiger charge is 2.20. The molecular weight excluding hydrogens is 184 g/mol. The number of hydrogen-bond acceptors (Lipinski definition) is 2. The Labute approximate surface area is 93.1 Å². The van der Waals surface area contributed by atoms with Crippen molar-refractivity contribution in [2.24, 2.45) is 5.73 Å². The van der Waals surface area contributed by atoms with E-state index in [9.17, 15) is 0 Å². The molecular formula is C13H22N2. The van der Waals surface area contributed by atoms with E-state index in [1.807, 2.05) is 13.8 Å². The first kappa shape index (κ1) is 12.1. The topological polar surface area (TPSA) is 29.3 Å². The van der Waals surface area contributed by atoms with Gasteiger partial charge in [0.25, 0.3) is 0 Å². The van der Waals surface area contributed by atoms with Crippen LogP contribution < -0.4 is 10.6 Å². The van der Waals surface area contributed by atoms with Gasteiger partial charge in [0, 0.05) is 25.3 Å². The molecule has 0 bridgehead atoms. The third-order valence-corrected chi connectivity index (χ3v) is 2.79. The van der Waals surface area contributed by atoms with Gasteiger partial charge in [-0.15, -0.1) is 0 Å². The van der Waals surface area contributed by atoms with Gasteiger partial charge in [-0.25, -0.2) is 0 Å². The van der Waals surface area contributed by atoms with Gasteiger partial charge >= 0.3 is 0 Å². The van der Waals surface area contributed by atoms with Crippen LogP contribution in [0, 0.1) is 13.8 Å². The minimum atomic E-state index is -0.294. The molecule has 0 amide bonds. The fourth-order valence-electron chi connectivity index (χ4n) is 1.69. The number of benzene rings is 1. The van der Waals surface area contributed by atoms with Gasteiger partial charge in [0.05, 0.1) is 0 Å². The van der Waals surface area contributed by atoms with E-state index in [1.165, 1.54) is 22.4 Å². The van der Waals surface area contributed by atoms with Crippen molar-refractivity contribution in [3.8, 4) is 0 Å². The van der Waals surface area contributed by atoms with Gasteiger partial charge in [0.1, 0.15) is 0 Å². The third-order valence-electron chi connectivity index (χ3n) is 2.79. The van der Waals surface area contributed by atoms with Crippen molar-refractivity contribution in [2.45, 2.75) is 33.2 Å². The van der Waals surface area contributed by atoms with E-state index in [-0.39, 0.29) is 5.54 Å². The first-order chi connectivity index (χ1) is 6.73. The molecule has 0 saturated carbocycles. The third kappa shape index (κ3) is 2.51. The van der Waals surface area contributed by atoms with Gasteiger partial charge in [-0.05, 0) is 50.5 Å².